The summed E-state index contributed by atoms with van der Waals surface area (Å²) in [6, 6.07) is 7.99. The minimum absolute atomic E-state index is 0.113. The van der Waals surface area contributed by atoms with Crippen LogP contribution in [0.5, 0.6) is 0 Å². The molecule has 2 N–H and O–H groups in total. The lowest BCUT2D eigenvalue weighted by atomic mass is 10.2. The molecule has 23 heavy (non-hydrogen) atoms. The second kappa shape index (κ2) is 7.66. The van der Waals surface area contributed by atoms with Gasteiger partial charge in [-0.05, 0) is 57.1 Å². The van der Waals surface area contributed by atoms with Gasteiger partial charge in [-0.15, -0.1) is 11.3 Å². The lowest BCUT2D eigenvalue weighted by molar-refractivity contribution is 0.203. The van der Waals surface area contributed by atoms with Crippen molar-refractivity contribution in [3.8, 4) is 0 Å². The van der Waals surface area contributed by atoms with Crippen molar-refractivity contribution in [2.24, 2.45) is 0 Å². The van der Waals surface area contributed by atoms with Crippen molar-refractivity contribution in [3.63, 3.8) is 0 Å². The first-order valence-corrected chi connectivity index (χ1v) is 8.88. The summed E-state index contributed by atoms with van der Waals surface area (Å²) in [5.74, 6) is 0.918. The predicted octanol–water partition coefficient (Wildman–Crippen LogP) is 3.29. The summed E-state index contributed by atoms with van der Waals surface area (Å²) >= 11 is 1.71. The Morgan fingerprint density at radius 2 is 2.13 bits per heavy atom. The Labute approximate surface area is 140 Å². The van der Waals surface area contributed by atoms with Gasteiger partial charge in [0, 0.05) is 16.3 Å². The van der Waals surface area contributed by atoms with E-state index in [-0.39, 0.29) is 12.1 Å². The van der Waals surface area contributed by atoms with Crippen molar-refractivity contribution in [2.75, 3.05) is 19.6 Å². The largest absolute Gasteiger partial charge is 0.468 e. The third-order valence-corrected chi connectivity index (χ3v) is 5.13. The third-order valence-electron chi connectivity index (χ3n) is 4.13. The summed E-state index contributed by atoms with van der Waals surface area (Å²) < 4.78 is 5.56. The number of urea groups is 1. The van der Waals surface area contributed by atoms with Crippen LogP contribution < -0.4 is 10.6 Å². The molecule has 1 aliphatic heterocycles. The third kappa shape index (κ3) is 4.36. The first kappa shape index (κ1) is 16.1. The van der Waals surface area contributed by atoms with E-state index in [1.165, 1.54) is 22.6 Å². The van der Waals surface area contributed by atoms with Gasteiger partial charge in [0.1, 0.15) is 5.76 Å². The summed E-state index contributed by atoms with van der Waals surface area (Å²) in [6.45, 7) is 5.31. The molecule has 2 amide bonds. The molecule has 0 spiro atoms. The average Bonchev–Trinajstić information content (AvgIpc) is 3.28. The number of hydrogen-bond acceptors (Lipinski definition) is 4. The van der Waals surface area contributed by atoms with E-state index in [4.69, 9.17) is 4.42 Å². The van der Waals surface area contributed by atoms with Gasteiger partial charge in [0.05, 0.1) is 18.8 Å². The van der Waals surface area contributed by atoms with Crippen molar-refractivity contribution in [2.45, 2.75) is 32.4 Å². The average molecular weight is 333 g/mol. The van der Waals surface area contributed by atoms with Crippen LogP contribution in [0.2, 0.25) is 0 Å². The summed E-state index contributed by atoms with van der Waals surface area (Å²) in [5, 5.41) is 5.89. The molecule has 0 radical (unpaired) electrons. The van der Waals surface area contributed by atoms with Gasteiger partial charge in [0.25, 0.3) is 0 Å². The Bertz CT molecular complexity index is 618. The van der Waals surface area contributed by atoms with Crippen LogP contribution in [0.15, 0.2) is 34.9 Å². The molecule has 1 saturated heterocycles. The Hall–Kier alpha value is -1.79. The minimum atomic E-state index is -0.133. The summed E-state index contributed by atoms with van der Waals surface area (Å²) in [7, 11) is 0. The SMILES string of the molecule is Cc1ccc(CNC(=O)NCC(c2ccco2)N2CCCC2)s1. The van der Waals surface area contributed by atoms with Crippen LogP contribution in [0, 0.1) is 6.92 Å². The van der Waals surface area contributed by atoms with E-state index in [2.05, 4.69) is 34.6 Å². The number of carbonyl (C=O) groups excluding carboxylic acids is 1. The van der Waals surface area contributed by atoms with Crippen LogP contribution in [-0.2, 0) is 6.54 Å². The summed E-state index contributed by atoms with van der Waals surface area (Å²) in [6.07, 6.45) is 4.11. The molecule has 2 aromatic rings. The number of amides is 2. The fourth-order valence-corrected chi connectivity index (χ4v) is 3.77. The van der Waals surface area contributed by atoms with Crippen LogP contribution in [0.25, 0.3) is 0 Å². The van der Waals surface area contributed by atoms with Crippen molar-refractivity contribution < 1.29 is 9.21 Å². The Balaban J connectivity index is 1.50. The first-order valence-electron chi connectivity index (χ1n) is 8.07. The maximum absolute atomic E-state index is 12.0. The van der Waals surface area contributed by atoms with Gasteiger partial charge in [-0.25, -0.2) is 4.79 Å². The van der Waals surface area contributed by atoms with Gasteiger partial charge in [-0.3, -0.25) is 4.90 Å². The molecule has 5 nitrogen and oxygen atoms in total. The lowest BCUT2D eigenvalue weighted by Gasteiger charge is -2.26. The summed E-state index contributed by atoms with van der Waals surface area (Å²) in [5.41, 5.74) is 0. The number of hydrogen-bond donors (Lipinski definition) is 2. The molecule has 2 aromatic heterocycles. The number of nitrogens with zero attached hydrogens (tertiary/aromatic N) is 1. The zero-order valence-corrected chi connectivity index (χ0v) is 14.2. The van der Waals surface area contributed by atoms with Gasteiger partial charge < -0.3 is 15.1 Å². The van der Waals surface area contributed by atoms with Gasteiger partial charge in [0.2, 0.25) is 0 Å². The van der Waals surface area contributed by atoms with E-state index < -0.39 is 0 Å². The van der Waals surface area contributed by atoms with Crippen molar-refractivity contribution in [1.82, 2.24) is 15.5 Å². The van der Waals surface area contributed by atoms with Crippen LogP contribution in [-0.4, -0.2) is 30.6 Å². The smallest absolute Gasteiger partial charge is 0.315 e. The highest BCUT2D eigenvalue weighted by Gasteiger charge is 2.25. The summed E-state index contributed by atoms with van der Waals surface area (Å²) in [4.78, 5) is 16.8. The molecule has 0 aliphatic carbocycles. The van der Waals surface area contributed by atoms with Crippen LogP contribution >= 0.6 is 11.3 Å². The number of carbonyl (C=O) groups is 1. The van der Waals surface area contributed by atoms with E-state index in [0.717, 1.165) is 18.8 Å². The molecule has 0 aromatic carbocycles. The fourth-order valence-electron chi connectivity index (χ4n) is 2.94. The molecule has 0 bridgehead atoms. The normalized spacial score (nSPS) is 16.4. The molecule has 0 saturated carbocycles. The van der Waals surface area contributed by atoms with Crippen molar-refractivity contribution in [3.05, 3.63) is 46.0 Å². The number of aryl methyl sites for hydroxylation is 1. The zero-order chi connectivity index (χ0) is 16.1. The van der Waals surface area contributed by atoms with Gasteiger partial charge >= 0.3 is 6.03 Å². The number of thiophene rings is 1. The van der Waals surface area contributed by atoms with Gasteiger partial charge in [-0.2, -0.15) is 0 Å². The highest BCUT2D eigenvalue weighted by Crippen LogP contribution is 2.24. The number of nitrogens with one attached hydrogen (secondary N) is 2. The van der Waals surface area contributed by atoms with E-state index in [1.54, 1.807) is 17.6 Å². The maximum atomic E-state index is 12.0. The Morgan fingerprint density at radius 1 is 1.30 bits per heavy atom. The highest BCUT2D eigenvalue weighted by molar-refractivity contribution is 7.11. The van der Waals surface area contributed by atoms with Gasteiger partial charge in [-0.1, -0.05) is 0 Å². The maximum Gasteiger partial charge on any atom is 0.315 e. The quantitative estimate of drug-likeness (QED) is 0.853. The standard InChI is InChI=1S/C17H23N3O2S/c1-13-6-7-14(23-13)11-18-17(21)19-12-15(16-5-4-10-22-16)20-8-2-3-9-20/h4-7,10,15H,2-3,8-9,11-12H2,1H3,(H2,18,19,21). The zero-order valence-electron chi connectivity index (χ0n) is 13.4. The van der Waals surface area contributed by atoms with E-state index in [1.807, 2.05) is 12.1 Å². The van der Waals surface area contributed by atoms with Crippen molar-refractivity contribution >= 4 is 17.4 Å². The number of furan rings is 1. The molecule has 1 fully saturated rings. The monoisotopic (exact) mass is 333 g/mol. The molecule has 124 valence electrons. The fraction of sp³-hybridized carbons (Fsp3) is 0.471. The predicted molar refractivity (Wildman–Crippen MR) is 91.6 cm³/mol. The van der Waals surface area contributed by atoms with Crippen LogP contribution in [0.1, 0.15) is 34.4 Å². The molecule has 6 heteroatoms. The Morgan fingerprint density at radius 3 is 2.78 bits per heavy atom. The molecule has 3 rings (SSSR count). The number of rotatable bonds is 6. The minimum Gasteiger partial charge on any atom is -0.468 e. The van der Waals surface area contributed by atoms with Crippen molar-refractivity contribution in [1.29, 1.82) is 0 Å². The molecule has 1 atom stereocenters. The molecule has 1 unspecified atom stereocenters. The highest BCUT2D eigenvalue weighted by atomic mass is 32.1. The Kier molecular flexibility index (Phi) is 5.35. The van der Waals surface area contributed by atoms with E-state index in [0.29, 0.717) is 13.1 Å². The second-order valence-electron chi connectivity index (χ2n) is 5.85. The van der Waals surface area contributed by atoms with Crippen LogP contribution in [0.3, 0.4) is 0 Å². The lowest BCUT2D eigenvalue weighted by Crippen LogP contribution is -2.41. The first-order chi connectivity index (χ1) is 11.2. The second-order valence-corrected chi connectivity index (χ2v) is 7.22. The van der Waals surface area contributed by atoms with Gasteiger partial charge in [0.15, 0.2) is 0 Å². The molecular weight excluding hydrogens is 310 g/mol. The van der Waals surface area contributed by atoms with Crippen LogP contribution in [0.4, 0.5) is 4.79 Å². The molecular formula is C17H23N3O2S. The van der Waals surface area contributed by atoms with E-state index in [9.17, 15) is 4.79 Å². The topological polar surface area (TPSA) is 57.5 Å². The number of likely N-dealkylation sites (tertiary alicyclic amines) is 1. The van der Waals surface area contributed by atoms with E-state index >= 15 is 0 Å². The molecule has 1 aliphatic rings. The molecule has 3 heterocycles.